The Morgan fingerprint density at radius 2 is 0.640 bits per heavy atom. The van der Waals surface area contributed by atoms with Crippen LogP contribution in [0.5, 0.6) is 0 Å². The maximum Gasteiger partial charge on any atom is 0.0726 e. The van der Waals surface area contributed by atoms with Gasteiger partial charge in [0.2, 0.25) is 0 Å². The number of para-hydroxylation sites is 2. The molecular formula is C73H48N2. The summed E-state index contributed by atoms with van der Waals surface area (Å²) in [5.41, 5.74) is 26.5. The lowest BCUT2D eigenvalue weighted by molar-refractivity contribution is 0.793. The molecule has 0 radical (unpaired) electrons. The molecule has 0 N–H and O–H groups in total. The number of nitrogens with zero attached hydrogens (tertiary/aromatic N) is 2. The highest BCUT2D eigenvalue weighted by Crippen LogP contribution is 2.63. The number of aromatic nitrogens is 1. The summed E-state index contributed by atoms with van der Waals surface area (Å²) >= 11 is 0. The van der Waals surface area contributed by atoms with Gasteiger partial charge in [0.25, 0.3) is 0 Å². The number of benzene rings is 12. The first-order chi connectivity index (χ1) is 37.2. The van der Waals surface area contributed by atoms with Gasteiger partial charge in [-0.2, -0.15) is 0 Å². The van der Waals surface area contributed by atoms with Crippen LogP contribution < -0.4 is 4.90 Å². The third-order valence-electron chi connectivity index (χ3n) is 16.1. The number of rotatable bonds is 8. The van der Waals surface area contributed by atoms with Crippen molar-refractivity contribution in [3.8, 4) is 72.4 Å². The van der Waals surface area contributed by atoms with Gasteiger partial charge < -0.3 is 9.47 Å². The molecule has 0 atom stereocenters. The maximum absolute atomic E-state index is 2.48. The fraction of sp³-hybridized carbons (Fsp3) is 0.0137. The van der Waals surface area contributed by atoms with Crippen LogP contribution in [-0.2, 0) is 5.41 Å². The number of fused-ring (bicyclic) bond motifs is 13. The predicted octanol–water partition coefficient (Wildman–Crippen LogP) is 19.3. The zero-order chi connectivity index (χ0) is 49.5. The van der Waals surface area contributed by atoms with Gasteiger partial charge in [-0.3, -0.25) is 0 Å². The molecule has 0 saturated heterocycles. The minimum absolute atomic E-state index is 0.440. The Labute approximate surface area is 437 Å². The molecule has 1 heterocycles. The van der Waals surface area contributed by atoms with Gasteiger partial charge in [0.05, 0.1) is 22.1 Å². The topological polar surface area (TPSA) is 8.17 Å². The molecule has 0 fully saturated rings. The molecule has 2 heteroatoms. The fourth-order valence-corrected chi connectivity index (χ4v) is 12.7. The van der Waals surface area contributed by atoms with Crippen LogP contribution >= 0.6 is 0 Å². The summed E-state index contributed by atoms with van der Waals surface area (Å²) < 4.78 is 2.44. The molecule has 0 aliphatic heterocycles. The Bertz CT molecular complexity index is 4260. The summed E-state index contributed by atoms with van der Waals surface area (Å²) in [5.74, 6) is 0. The lowest BCUT2D eigenvalue weighted by Crippen LogP contribution is -2.26. The van der Waals surface area contributed by atoms with E-state index in [1.807, 2.05) is 0 Å². The standard InChI is InChI=1S/C73H48N2/c1-3-17-49(18-4-1)52-35-40-56(41-36-52)74(58-44-45-63-62-24-9-14-28-68(62)73(69(63)48-58)66-26-12-7-22-60(66)61-23-8-13-27-67(61)73)57-42-37-53(38-43-57)51-31-33-54(34-32-51)59-21-10-15-29-70(59)75-71-30-16-11-25-64(71)65-47-55(39-46-72(65)75)50-19-5-2-6-20-50/h1-48H. The second-order valence-electron chi connectivity index (χ2n) is 20.0. The summed E-state index contributed by atoms with van der Waals surface area (Å²) in [6.07, 6.45) is 0. The fourth-order valence-electron chi connectivity index (χ4n) is 12.7. The molecule has 0 bridgehead atoms. The second kappa shape index (κ2) is 17.2. The highest BCUT2D eigenvalue weighted by atomic mass is 15.1. The average Bonchev–Trinajstić information content (AvgIpc) is 4.28. The molecule has 2 nitrogen and oxygen atoms in total. The molecule has 350 valence electrons. The normalized spacial score (nSPS) is 12.6. The van der Waals surface area contributed by atoms with Crippen LogP contribution in [0.15, 0.2) is 291 Å². The van der Waals surface area contributed by atoms with E-state index >= 15 is 0 Å². The van der Waals surface area contributed by atoms with Gasteiger partial charge >= 0.3 is 0 Å². The first kappa shape index (κ1) is 42.9. The van der Waals surface area contributed by atoms with Crippen LogP contribution in [0.2, 0.25) is 0 Å². The van der Waals surface area contributed by atoms with Crippen LogP contribution in [0.4, 0.5) is 17.1 Å². The number of hydrogen-bond acceptors (Lipinski definition) is 1. The lowest BCUT2D eigenvalue weighted by atomic mass is 9.70. The van der Waals surface area contributed by atoms with Crippen LogP contribution in [-0.4, -0.2) is 4.57 Å². The van der Waals surface area contributed by atoms with E-state index in [4.69, 9.17) is 0 Å². The molecule has 2 aliphatic rings. The van der Waals surface area contributed by atoms with Crippen LogP contribution in [0.1, 0.15) is 22.3 Å². The van der Waals surface area contributed by atoms with Crippen molar-refractivity contribution in [2.45, 2.75) is 5.41 Å². The Morgan fingerprint density at radius 3 is 1.23 bits per heavy atom. The van der Waals surface area contributed by atoms with Gasteiger partial charge in [0, 0.05) is 33.4 Å². The molecule has 0 unspecified atom stereocenters. The zero-order valence-electron chi connectivity index (χ0n) is 41.1. The Kier molecular flexibility index (Phi) is 9.83. The van der Waals surface area contributed by atoms with E-state index < -0.39 is 5.41 Å². The zero-order valence-corrected chi connectivity index (χ0v) is 41.1. The van der Waals surface area contributed by atoms with Crippen LogP contribution in [0, 0.1) is 0 Å². The molecule has 1 spiro atoms. The Morgan fingerprint density at radius 1 is 0.240 bits per heavy atom. The van der Waals surface area contributed by atoms with Crippen molar-refractivity contribution in [3.05, 3.63) is 313 Å². The van der Waals surface area contributed by atoms with Gasteiger partial charge in [-0.15, -0.1) is 0 Å². The van der Waals surface area contributed by atoms with E-state index in [-0.39, 0.29) is 0 Å². The minimum Gasteiger partial charge on any atom is -0.310 e. The smallest absolute Gasteiger partial charge is 0.0726 e. The third kappa shape index (κ3) is 6.66. The molecule has 13 aromatic rings. The molecule has 1 aromatic heterocycles. The van der Waals surface area contributed by atoms with Crippen molar-refractivity contribution in [1.29, 1.82) is 0 Å². The van der Waals surface area contributed by atoms with E-state index in [9.17, 15) is 0 Å². The van der Waals surface area contributed by atoms with Gasteiger partial charge in [-0.25, -0.2) is 0 Å². The van der Waals surface area contributed by atoms with Crippen molar-refractivity contribution in [2.75, 3.05) is 4.90 Å². The first-order valence-electron chi connectivity index (χ1n) is 26.0. The molecule has 75 heavy (non-hydrogen) atoms. The summed E-state index contributed by atoms with van der Waals surface area (Å²) in [6.45, 7) is 0. The monoisotopic (exact) mass is 952 g/mol. The van der Waals surface area contributed by atoms with Crippen molar-refractivity contribution in [3.63, 3.8) is 0 Å². The summed E-state index contributed by atoms with van der Waals surface area (Å²) in [5, 5.41) is 2.50. The number of hydrogen-bond donors (Lipinski definition) is 0. The molecule has 0 saturated carbocycles. The summed E-state index contributed by atoms with van der Waals surface area (Å²) in [4.78, 5) is 2.43. The minimum atomic E-state index is -0.440. The molecular weight excluding hydrogens is 905 g/mol. The van der Waals surface area contributed by atoms with Crippen molar-refractivity contribution in [2.24, 2.45) is 0 Å². The Hall–Kier alpha value is -9.76. The lowest BCUT2D eigenvalue weighted by Gasteiger charge is -2.32. The molecule has 12 aromatic carbocycles. The van der Waals surface area contributed by atoms with Crippen LogP contribution in [0.3, 0.4) is 0 Å². The van der Waals surface area contributed by atoms with Gasteiger partial charge in [-0.05, 0) is 144 Å². The SMILES string of the molecule is c1ccc(-c2ccc(N(c3ccc(-c4ccc(-c5ccccc5-n5c6ccccc6c6cc(-c7ccccc7)ccc65)cc4)cc3)c3ccc4c(c3)C3(c5ccccc5-c5ccccc53)c3ccccc3-4)cc2)cc1. The van der Waals surface area contributed by atoms with E-state index in [0.29, 0.717) is 0 Å². The van der Waals surface area contributed by atoms with E-state index in [1.54, 1.807) is 0 Å². The molecule has 0 amide bonds. The van der Waals surface area contributed by atoms with Gasteiger partial charge in [0.1, 0.15) is 0 Å². The van der Waals surface area contributed by atoms with Crippen molar-refractivity contribution in [1.82, 2.24) is 4.57 Å². The van der Waals surface area contributed by atoms with Crippen molar-refractivity contribution >= 4 is 38.9 Å². The highest BCUT2D eigenvalue weighted by molar-refractivity contribution is 6.11. The molecule has 15 rings (SSSR count). The molecule has 2 aliphatic carbocycles. The maximum atomic E-state index is 2.48. The third-order valence-corrected chi connectivity index (χ3v) is 16.1. The van der Waals surface area contributed by atoms with Crippen LogP contribution in [0.25, 0.3) is 94.3 Å². The second-order valence-corrected chi connectivity index (χ2v) is 20.0. The van der Waals surface area contributed by atoms with E-state index in [0.717, 1.165) is 28.3 Å². The summed E-state index contributed by atoms with van der Waals surface area (Å²) in [7, 11) is 0. The van der Waals surface area contributed by atoms with Gasteiger partial charge in [-0.1, -0.05) is 231 Å². The largest absolute Gasteiger partial charge is 0.310 e. The first-order valence-corrected chi connectivity index (χ1v) is 26.0. The van der Waals surface area contributed by atoms with E-state index in [2.05, 4.69) is 301 Å². The average molecular weight is 953 g/mol. The number of anilines is 3. The summed E-state index contributed by atoms with van der Waals surface area (Å²) in [6, 6.07) is 107. The predicted molar refractivity (Wildman–Crippen MR) is 314 cm³/mol. The highest BCUT2D eigenvalue weighted by Gasteiger charge is 2.51. The quantitative estimate of drug-likeness (QED) is 0.147. The Balaban J connectivity index is 0.814. The van der Waals surface area contributed by atoms with Gasteiger partial charge in [0.15, 0.2) is 0 Å². The van der Waals surface area contributed by atoms with E-state index in [1.165, 1.54) is 105 Å². The van der Waals surface area contributed by atoms with Crippen molar-refractivity contribution < 1.29 is 0 Å².